The first-order valence-corrected chi connectivity index (χ1v) is 11.1. The number of phenolic OH excluding ortho intramolecular Hbond substituents is 1. The molecule has 3 fully saturated rings. The number of piperazine rings is 1. The Balaban J connectivity index is 1.54. The van der Waals surface area contributed by atoms with Gasteiger partial charge in [-0.2, -0.15) is 0 Å². The average molecular weight is 365 g/mol. The number of hydrogen-bond acceptors (Lipinski definition) is 5. The Morgan fingerprint density at radius 1 is 1.04 bits per heavy atom. The van der Waals surface area contributed by atoms with Crippen LogP contribution in [-0.4, -0.2) is 66.5 Å². The van der Waals surface area contributed by atoms with Gasteiger partial charge in [-0.05, 0) is 49.3 Å². The van der Waals surface area contributed by atoms with E-state index in [-0.39, 0.29) is 17.8 Å². The highest BCUT2D eigenvalue weighted by Gasteiger charge is 2.47. The van der Waals surface area contributed by atoms with Gasteiger partial charge in [-0.25, -0.2) is 8.42 Å². The molecular formula is C19H28N2O3S. The van der Waals surface area contributed by atoms with Crippen LogP contribution in [-0.2, 0) is 16.4 Å². The fourth-order valence-corrected chi connectivity index (χ4v) is 6.57. The van der Waals surface area contributed by atoms with Crippen molar-refractivity contribution in [2.24, 2.45) is 5.92 Å². The van der Waals surface area contributed by atoms with Gasteiger partial charge in [0, 0.05) is 38.3 Å². The Morgan fingerprint density at radius 3 is 2.20 bits per heavy atom. The lowest BCUT2D eigenvalue weighted by molar-refractivity contribution is 0.0376. The molecule has 3 aliphatic rings. The number of phenols is 1. The molecule has 4 rings (SSSR count). The Morgan fingerprint density at radius 2 is 1.60 bits per heavy atom. The van der Waals surface area contributed by atoms with Crippen molar-refractivity contribution < 1.29 is 13.5 Å². The van der Waals surface area contributed by atoms with Crippen molar-refractivity contribution in [1.82, 2.24) is 9.80 Å². The van der Waals surface area contributed by atoms with E-state index in [0.717, 1.165) is 48.8 Å². The maximum Gasteiger partial charge on any atom is 0.153 e. The van der Waals surface area contributed by atoms with Crippen LogP contribution in [0.3, 0.4) is 0 Å². The van der Waals surface area contributed by atoms with Gasteiger partial charge >= 0.3 is 0 Å². The fourth-order valence-electron chi connectivity index (χ4n) is 4.52. The highest BCUT2D eigenvalue weighted by molar-refractivity contribution is 7.91. The zero-order chi connectivity index (χ0) is 17.8. The molecule has 25 heavy (non-hydrogen) atoms. The van der Waals surface area contributed by atoms with Crippen LogP contribution in [0.4, 0.5) is 0 Å². The molecule has 0 unspecified atom stereocenters. The van der Waals surface area contributed by atoms with Gasteiger partial charge in [0.25, 0.3) is 0 Å². The molecule has 0 spiro atoms. The smallest absolute Gasteiger partial charge is 0.153 e. The first kappa shape index (κ1) is 17.3. The van der Waals surface area contributed by atoms with Crippen molar-refractivity contribution in [1.29, 1.82) is 0 Å². The first-order valence-electron chi connectivity index (χ1n) is 9.30. The van der Waals surface area contributed by atoms with E-state index < -0.39 is 9.84 Å². The molecule has 138 valence electrons. The van der Waals surface area contributed by atoms with Gasteiger partial charge in [0.15, 0.2) is 9.84 Å². The van der Waals surface area contributed by atoms with Gasteiger partial charge in [-0.1, -0.05) is 12.1 Å². The Kier molecular flexibility index (Phi) is 4.33. The summed E-state index contributed by atoms with van der Waals surface area (Å²) in [7, 11) is -2.95. The molecule has 1 aromatic rings. The molecule has 0 bridgehead atoms. The number of hydrogen-bond donors (Lipinski definition) is 1. The van der Waals surface area contributed by atoms with Crippen molar-refractivity contribution >= 4 is 9.84 Å². The van der Waals surface area contributed by atoms with E-state index in [1.807, 2.05) is 26.0 Å². The van der Waals surface area contributed by atoms with Crippen LogP contribution >= 0.6 is 0 Å². The number of nitrogens with zero attached hydrogens (tertiary/aromatic N) is 2. The summed E-state index contributed by atoms with van der Waals surface area (Å²) in [6.45, 7) is 7.55. The topological polar surface area (TPSA) is 60.9 Å². The molecule has 0 radical (unpaired) electrons. The molecule has 2 saturated heterocycles. The highest BCUT2D eigenvalue weighted by atomic mass is 32.2. The molecule has 2 aliphatic heterocycles. The normalized spacial score (nSPS) is 29.7. The molecule has 1 saturated carbocycles. The van der Waals surface area contributed by atoms with Crippen LogP contribution in [0.15, 0.2) is 12.1 Å². The predicted octanol–water partition coefficient (Wildman–Crippen LogP) is 1.70. The number of sulfone groups is 1. The van der Waals surface area contributed by atoms with Crippen molar-refractivity contribution in [2.75, 3.05) is 31.1 Å². The van der Waals surface area contributed by atoms with Gasteiger partial charge in [-0.3, -0.25) is 9.80 Å². The summed E-state index contributed by atoms with van der Waals surface area (Å²) >= 11 is 0. The van der Waals surface area contributed by atoms with Crippen LogP contribution in [0.25, 0.3) is 0 Å². The third-order valence-electron chi connectivity index (χ3n) is 6.03. The standard InChI is InChI=1S/C19H28N2O3S/c1-13-7-16(8-14(2)19(13)22)10-21-6-5-20(9-15-3-4-15)17-11-25(23,24)12-18(17)21/h7-8,15,17-18,22H,3-6,9-12H2,1-2H3/t17-,18+/m1/s1. The van der Waals surface area contributed by atoms with Gasteiger partial charge in [0.1, 0.15) is 5.75 Å². The molecule has 1 aromatic carbocycles. The number of aryl methyl sites for hydroxylation is 2. The second-order valence-corrected chi connectivity index (χ2v) is 10.4. The van der Waals surface area contributed by atoms with Gasteiger partial charge in [0.2, 0.25) is 0 Å². The van der Waals surface area contributed by atoms with E-state index in [9.17, 15) is 13.5 Å². The van der Waals surface area contributed by atoms with E-state index in [4.69, 9.17) is 0 Å². The number of aromatic hydroxyl groups is 1. The van der Waals surface area contributed by atoms with Crippen molar-refractivity contribution in [3.63, 3.8) is 0 Å². The first-order chi connectivity index (χ1) is 11.8. The zero-order valence-electron chi connectivity index (χ0n) is 15.1. The third kappa shape index (κ3) is 3.57. The van der Waals surface area contributed by atoms with E-state index >= 15 is 0 Å². The van der Waals surface area contributed by atoms with Crippen LogP contribution < -0.4 is 0 Å². The van der Waals surface area contributed by atoms with Crippen molar-refractivity contribution in [3.8, 4) is 5.75 Å². The maximum atomic E-state index is 12.3. The molecule has 5 nitrogen and oxygen atoms in total. The zero-order valence-corrected chi connectivity index (χ0v) is 15.9. The van der Waals surface area contributed by atoms with Crippen LogP contribution in [0.2, 0.25) is 0 Å². The minimum atomic E-state index is -2.95. The molecule has 1 aliphatic carbocycles. The second kappa shape index (κ2) is 6.25. The van der Waals surface area contributed by atoms with Crippen LogP contribution in [0.5, 0.6) is 5.75 Å². The summed E-state index contributed by atoms with van der Waals surface area (Å²) in [5.41, 5.74) is 2.93. The van der Waals surface area contributed by atoms with Crippen LogP contribution in [0.1, 0.15) is 29.5 Å². The summed E-state index contributed by atoms with van der Waals surface area (Å²) in [6.07, 6.45) is 2.60. The van der Waals surface area contributed by atoms with E-state index in [1.165, 1.54) is 12.8 Å². The quantitative estimate of drug-likeness (QED) is 0.881. The van der Waals surface area contributed by atoms with Crippen LogP contribution in [0, 0.1) is 19.8 Å². The second-order valence-electron chi connectivity index (χ2n) is 8.20. The Hall–Kier alpha value is -1.11. The number of fused-ring (bicyclic) bond motifs is 1. The minimum absolute atomic E-state index is 0.104. The molecule has 2 atom stereocenters. The minimum Gasteiger partial charge on any atom is -0.507 e. The molecule has 0 aromatic heterocycles. The fraction of sp³-hybridized carbons (Fsp3) is 0.684. The summed E-state index contributed by atoms with van der Waals surface area (Å²) in [5.74, 6) is 1.75. The highest BCUT2D eigenvalue weighted by Crippen LogP contribution is 2.35. The van der Waals surface area contributed by atoms with Gasteiger partial charge in [-0.15, -0.1) is 0 Å². The summed E-state index contributed by atoms with van der Waals surface area (Å²) in [5, 5.41) is 9.98. The lowest BCUT2D eigenvalue weighted by atomic mass is 10.0. The maximum absolute atomic E-state index is 12.3. The Labute approximate surface area is 150 Å². The molecule has 0 amide bonds. The van der Waals surface area contributed by atoms with E-state index in [1.54, 1.807) is 0 Å². The summed E-state index contributed by atoms with van der Waals surface area (Å²) < 4.78 is 24.6. The summed E-state index contributed by atoms with van der Waals surface area (Å²) in [4.78, 5) is 4.79. The lowest BCUT2D eigenvalue weighted by Gasteiger charge is -2.44. The van der Waals surface area contributed by atoms with E-state index in [0.29, 0.717) is 11.5 Å². The molecule has 6 heteroatoms. The number of benzene rings is 1. The monoisotopic (exact) mass is 364 g/mol. The van der Waals surface area contributed by atoms with E-state index in [2.05, 4.69) is 9.80 Å². The summed E-state index contributed by atoms with van der Waals surface area (Å²) in [6, 6.07) is 4.31. The lowest BCUT2D eigenvalue weighted by Crippen LogP contribution is -2.59. The van der Waals surface area contributed by atoms with Crippen molar-refractivity contribution in [3.05, 3.63) is 28.8 Å². The molecular weight excluding hydrogens is 336 g/mol. The van der Waals surface area contributed by atoms with Gasteiger partial charge in [0.05, 0.1) is 11.5 Å². The third-order valence-corrected chi connectivity index (χ3v) is 7.73. The molecule has 1 N–H and O–H groups in total. The number of rotatable bonds is 4. The predicted molar refractivity (Wildman–Crippen MR) is 98.5 cm³/mol. The molecule has 2 heterocycles. The van der Waals surface area contributed by atoms with Gasteiger partial charge < -0.3 is 5.11 Å². The average Bonchev–Trinajstić information content (AvgIpc) is 3.28. The largest absolute Gasteiger partial charge is 0.507 e. The SMILES string of the molecule is Cc1cc(CN2CCN(CC3CC3)[C@@H]3CS(=O)(=O)C[C@@H]32)cc(C)c1O. The Bertz CT molecular complexity index is 750. The van der Waals surface area contributed by atoms with Crippen molar-refractivity contribution in [2.45, 2.75) is 45.3 Å².